The molecule has 0 aliphatic carbocycles. The summed E-state index contributed by atoms with van der Waals surface area (Å²) in [7, 11) is 3.25. The van der Waals surface area contributed by atoms with E-state index in [0.717, 1.165) is 17.0 Å². The van der Waals surface area contributed by atoms with Crippen LogP contribution in [0.15, 0.2) is 36.4 Å². The number of hydrogen-bond acceptors (Lipinski definition) is 4. The minimum absolute atomic E-state index is 0.441. The van der Waals surface area contributed by atoms with Crippen LogP contribution >= 0.6 is 0 Å². The average Bonchev–Trinajstić information content (AvgIpc) is 2.55. The molecule has 21 heavy (non-hydrogen) atoms. The summed E-state index contributed by atoms with van der Waals surface area (Å²) >= 11 is 0. The van der Waals surface area contributed by atoms with Gasteiger partial charge in [-0.05, 0) is 36.8 Å². The predicted octanol–water partition coefficient (Wildman–Crippen LogP) is 4.01. The van der Waals surface area contributed by atoms with Gasteiger partial charge < -0.3 is 14.2 Å². The van der Waals surface area contributed by atoms with Crippen LogP contribution in [-0.4, -0.2) is 19.2 Å². The molecule has 2 rings (SSSR count). The summed E-state index contributed by atoms with van der Waals surface area (Å²) in [5, 5.41) is 0. The van der Waals surface area contributed by atoms with Gasteiger partial charge in [0.05, 0.1) is 14.2 Å². The number of hydrogen-bond donors (Lipinski definition) is 0. The van der Waals surface area contributed by atoms with E-state index in [1.165, 1.54) is 0 Å². The largest absolute Gasteiger partial charge is 0.497 e. The van der Waals surface area contributed by atoms with E-state index in [1.54, 1.807) is 14.2 Å². The lowest BCUT2D eigenvalue weighted by atomic mass is 10.2. The molecule has 0 amide bonds. The molecule has 2 aromatic rings. The molecule has 0 radical (unpaired) electrons. The normalized spacial score (nSPS) is 9.38. The topological polar surface area (TPSA) is 40.6 Å². The van der Waals surface area contributed by atoms with Crippen molar-refractivity contribution in [3.63, 3.8) is 0 Å². The van der Waals surface area contributed by atoms with Gasteiger partial charge in [0.1, 0.15) is 12.4 Å². The summed E-state index contributed by atoms with van der Waals surface area (Å²) < 4.78 is 16.0. The van der Waals surface area contributed by atoms with Crippen molar-refractivity contribution in [2.24, 2.45) is 0 Å². The molecular formula is C17H23NO3. The molecule has 0 aliphatic rings. The van der Waals surface area contributed by atoms with Crippen molar-refractivity contribution in [1.82, 2.24) is 4.98 Å². The predicted molar refractivity (Wildman–Crippen MR) is 84.2 cm³/mol. The first-order chi connectivity index (χ1) is 10.2. The molecule has 1 heterocycles. The highest BCUT2D eigenvalue weighted by Gasteiger charge is 2.06. The Morgan fingerprint density at radius 3 is 2.14 bits per heavy atom. The highest BCUT2D eigenvalue weighted by Crippen LogP contribution is 2.25. The third-order valence-electron chi connectivity index (χ3n) is 2.72. The molecule has 0 N–H and O–H groups in total. The lowest BCUT2D eigenvalue weighted by Gasteiger charge is -2.10. The van der Waals surface area contributed by atoms with Gasteiger partial charge in [-0.3, -0.25) is 0 Å². The smallest absolute Gasteiger partial charge is 0.257 e. The van der Waals surface area contributed by atoms with E-state index in [1.807, 2.05) is 57.2 Å². The Balaban J connectivity index is 0.00000106. The van der Waals surface area contributed by atoms with E-state index in [4.69, 9.17) is 14.2 Å². The number of rotatable bonds is 5. The second-order valence-electron chi connectivity index (χ2n) is 4.10. The van der Waals surface area contributed by atoms with Crippen LogP contribution in [-0.2, 0) is 6.61 Å². The minimum atomic E-state index is 0.441. The van der Waals surface area contributed by atoms with Crippen LogP contribution < -0.4 is 14.2 Å². The number of aromatic nitrogens is 1. The molecule has 4 heteroatoms. The molecular weight excluding hydrogens is 266 g/mol. The van der Waals surface area contributed by atoms with Crippen LogP contribution in [0.25, 0.3) is 0 Å². The summed E-state index contributed by atoms with van der Waals surface area (Å²) in [6, 6.07) is 11.5. The Morgan fingerprint density at radius 2 is 1.57 bits per heavy atom. The number of methoxy groups -OCH3 is 2. The monoisotopic (exact) mass is 289 g/mol. The molecule has 0 bridgehead atoms. The first-order valence-electron chi connectivity index (χ1n) is 7.00. The quantitative estimate of drug-likeness (QED) is 0.833. The third-order valence-corrected chi connectivity index (χ3v) is 2.72. The first-order valence-corrected chi connectivity index (χ1v) is 7.00. The van der Waals surface area contributed by atoms with Crippen LogP contribution in [0, 0.1) is 6.92 Å². The average molecular weight is 289 g/mol. The van der Waals surface area contributed by atoms with E-state index in [-0.39, 0.29) is 0 Å². The first kappa shape index (κ1) is 16.8. The van der Waals surface area contributed by atoms with Gasteiger partial charge >= 0.3 is 0 Å². The molecule has 1 aromatic heterocycles. The molecule has 0 aliphatic heterocycles. The van der Waals surface area contributed by atoms with E-state index in [9.17, 15) is 0 Å². The molecule has 0 fully saturated rings. The molecule has 0 saturated heterocycles. The van der Waals surface area contributed by atoms with Gasteiger partial charge in [0.25, 0.3) is 5.88 Å². The fourth-order valence-electron chi connectivity index (χ4n) is 1.65. The number of nitrogens with zero attached hydrogens (tertiary/aromatic N) is 1. The van der Waals surface area contributed by atoms with Crippen molar-refractivity contribution >= 4 is 0 Å². The second kappa shape index (κ2) is 8.84. The zero-order valence-electron chi connectivity index (χ0n) is 13.3. The Morgan fingerprint density at radius 1 is 0.905 bits per heavy atom. The molecule has 0 atom stereocenters. The van der Waals surface area contributed by atoms with Crippen LogP contribution in [0.5, 0.6) is 17.4 Å². The van der Waals surface area contributed by atoms with Gasteiger partial charge in [0.2, 0.25) is 0 Å². The van der Waals surface area contributed by atoms with Gasteiger partial charge in [-0.15, -0.1) is 0 Å². The van der Waals surface area contributed by atoms with E-state index in [2.05, 4.69) is 4.98 Å². The third kappa shape index (κ3) is 4.99. The molecule has 1 aromatic carbocycles. The molecule has 0 saturated carbocycles. The Bertz CT molecular complexity index is 538. The van der Waals surface area contributed by atoms with Crippen molar-refractivity contribution in [2.75, 3.05) is 14.2 Å². The van der Waals surface area contributed by atoms with E-state index >= 15 is 0 Å². The maximum atomic E-state index is 5.69. The summed E-state index contributed by atoms with van der Waals surface area (Å²) in [4.78, 5) is 4.32. The van der Waals surface area contributed by atoms with Gasteiger partial charge in [0, 0.05) is 5.69 Å². The number of pyridine rings is 1. The second-order valence-corrected chi connectivity index (χ2v) is 4.10. The van der Waals surface area contributed by atoms with E-state index in [0.29, 0.717) is 18.2 Å². The summed E-state index contributed by atoms with van der Waals surface area (Å²) in [5.41, 5.74) is 1.94. The number of benzene rings is 1. The number of aryl methyl sites for hydroxylation is 1. The zero-order chi connectivity index (χ0) is 15.7. The van der Waals surface area contributed by atoms with Crippen molar-refractivity contribution in [3.8, 4) is 17.4 Å². The molecule has 4 nitrogen and oxygen atoms in total. The highest BCUT2D eigenvalue weighted by molar-refractivity contribution is 5.35. The summed E-state index contributed by atoms with van der Waals surface area (Å²) in [6.07, 6.45) is 0. The van der Waals surface area contributed by atoms with Gasteiger partial charge in [-0.1, -0.05) is 26.0 Å². The van der Waals surface area contributed by atoms with Crippen LogP contribution in [0.4, 0.5) is 0 Å². The Kier molecular flexibility index (Phi) is 7.09. The van der Waals surface area contributed by atoms with Crippen molar-refractivity contribution in [2.45, 2.75) is 27.4 Å². The fraction of sp³-hybridized carbons (Fsp3) is 0.353. The highest BCUT2D eigenvalue weighted by atomic mass is 16.5. The summed E-state index contributed by atoms with van der Waals surface area (Å²) in [6.45, 7) is 6.36. The zero-order valence-corrected chi connectivity index (χ0v) is 13.3. The van der Waals surface area contributed by atoms with Crippen molar-refractivity contribution in [3.05, 3.63) is 47.7 Å². The molecule has 0 unspecified atom stereocenters. The Hall–Kier alpha value is -2.23. The van der Waals surface area contributed by atoms with Gasteiger partial charge in [0.15, 0.2) is 5.75 Å². The van der Waals surface area contributed by atoms with Gasteiger partial charge in [-0.25, -0.2) is 4.98 Å². The maximum absolute atomic E-state index is 5.69. The van der Waals surface area contributed by atoms with Gasteiger partial charge in [-0.2, -0.15) is 0 Å². The van der Waals surface area contributed by atoms with E-state index < -0.39 is 0 Å². The fourth-order valence-corrected chi connectivity index (χ4v) is 1.65. The maximum Gasteiger partial charge on any atom is 0.257 e. The molecule has 0 spiro atoms. The van der Waals surface area contributed by atoms with Crippen LogP contribution in [0.3, 0.4) is 0 Å². The Labute approximate surface area is 126 Å². The minimum Gasteiger partial charge on any atom is -0.497 e. The number of ether oxygens (including phenoxy) is 3. The van der Waals surface area contributed by atoms with Crippen molar-refractivity contribution < 1.29 is 14.2 Å². The van der Waals surface area contributed by atoms with Crippen LogP contribution in [0.2, 0.25) is 0 Å². The van der Waals surface area contributed by atoms with Crippen molar-refractivity contribution in [1.29, 1.82) is 0 Å². The lowest BCUT2D eigenvalue weighted by molar-refractivity contribution is 0.271. The SMILES string of the molecule is CC.COc1ccc(COc2nc(C)ccc2OC)cc1. The standard InChI is InChI=1S/C15H17NO3.C2H6/c1-11-4-9-14(18-3)15(16-11)19-10-12-5-7-13(17-2)8-6-12;1-2/h4-9H,10H2,1-3H3;1-2H3. The summed E-state index contributed by atoms with van der Waals surface area (Å²) in [5.74, 6) is 1.98. The lowest BCUT2D eigenvalue weighted by Crippen LogP contribution is -2.00. The van der Waals surface area contributed by atoms with Crippen LogP contribution in [0.1, 0.15) is 25.1 Å². The molecule has 114 valence electrons.